The lowest BCUT2D eigenvalue weighted by molar-refractivity contribution is -0.130. The van der Waals surface area contributed by atoms with Crippen LogP contribution in [0.4, 0.5) is 0 Å². The fourth-order valence-corrected chi connectivity index (χ4v) is 2.60. The molecule has 0 aromatic carbocycles. The summed E-state index contributed by atoms with van der Waals surface area (Å²) in [5, 5.41) is 2.79. The summed E-state index contributed by atoms with van der Waals surface area (Å²) in [5.74, 6) is -0.616. The minimum absolute atomic E-state index is 0.172. The highest BCUT2D eigenvalue weighted by atomic mass is 32.1. The summed E-state index contributed by atoms with van der Waals surface area (Å²) in [5.41, 5.74) is 9.54. The molecule has 1 rings (SSSR count). The molecule has 108 valence electrons. The number of nitrogens with two attached hydrogens (primary N) is 2. The van der Waals surface area contributed by atoms with E-state index in [1.165, 1.54) is 0 Å². The Morgan fingerprint density at radius 2 is 1.74 bits per heavy atom. The Morgan fingerprint density at radius 3 is 2.16 bits per heavy atom. The fourth-order valence-electron chi connectivity index (χ4n) is 2.30. The van der Waals surface area contributed by atoms with E-state index >= 15 is 0 Å². The van der Waals surface area contributed by atoms with Gasteiger partial charge in [0.25, 0.3) is 0 Å². The van der Waals surface area contributed by atoms with Gasteiger partial charge in [0, 0.05) is 6.54 Å². The topological polar surface area (TPSA) is 98.2 Å². The van der Waals surface area contributed by atoms with E-state index in [0.29, 0.717) is 12.8 Å². The van der Waals surface area contributed by atoms with Gasteiger partial charge in [0.15, 0.2) is 0 Å². The zero-order valence-corrected chi connectivity index (χ0v) is 12.4. The molecule has 0 bridgehead atoms. The molecule has 6 heteroatoms. The number of carbonyl (C=O) groups is 2. The SMILES string of the molecule is CC(C)(CNC(=O)C1(C(N)=S)CCCCC1)C(N)=O. The number of rotatable bonds is 5. The first kappa shape index (κ1) is 15.9. The van der Waals surface area contributed by atoms with Gasteiger partial charge in [-0.05, 0) is 26.7 Å². The van der Waals surface area contributed by atoms with Gasteiger partial charge in [-0.2, -0.15) is 0 Å². The van der Waals surface area contributed by atoms with Crippen molar-refractivity contribution in [3.63, 3.8) is 0 Å². The molecule has 1 fully saturated rings. The van der Waals surface area contributed by atoms with Crippen LogP contribution in [0.3, 0.4) is 0 Å². The summed E-state index contributed by atoms with van der Waals surface area (Å²) >= 11 is 5.09. The molecule has 5 nitrogen and oxygen atoms in total. The van der Waals surface area contributed by atoms with Crippen LogP contribution in [-0.4, -0.2) is 23.3 Å². The van der Waals surface area contributed by atoms with Crippen LogP contribution in [0.1, 0.15) is 46.0 Å². The number of nitrogens with one attached hydrogen (secondary N) is 1. The quantitative estimate of drug-likeness (QED) is 0.652. The van der Waals surface area contributed by atoms with Crippen molar-refractivity contribution in [3.8, 4) is 0 Å². The Bertz CT molecular complexity index is 387. The average Bonchev–Trinajstić information content (AvgIpc) is 2.36. The van der Waals surface area contributed by atoms with Crippen molar-refractivity contribution < 1.29 is 9.59 Å². The summed E-state index contributed by atoms with van der Waals surface area (Å²) in [6.45, 7) is 3.60. The first-order valence-corrected chi connectivity index (χ1v) is 7.01. The second-order valence-electron chi connectivity index (χ2n) is 5.94. The van der Waals surface area contributed by atoms with Crippen molar-refractivity contribution in [2.75, 3.05) is 6.54 Å². The van der Waals surface area contributed by atoms with Gasteiger partial charge in [-0.15, -0.1) is 0 Å². The van der Waals surface area contributed by atoms with Crippen LogP contribution in [0, 0.1) is 10.8 Å². The summed E-state index contributed by atoms with van der Waals surface area (Å²) in [4.78, 5) is 23.9. The smallest absolute Gasteiger partial charge is 0.233 e. The molecule has 0 aromatic rings. The lowest BCUT2D eigenvalue weighted by Gasteiger charge is -2.35. The van der Waals surface area contributed by atoms with E-state index < -0.39 is 16.7 Å². The lowest BCUT2D eigenvalue weighted by atomic mass is 9.73. The molecule has 0 heterocycles. The third-order valence-electron chi connectivity index (χ3n) is 3.97. The van der Waals surface area contributed by atoms with Gasteiger partial charge < -0.3 is 16.8 Å². The molecule has 1 saturated carbocycles. The van der Waals surface area contributed by atoms with Crippen molar-refractivity contribution in [2.24, 2.45) is 22.3 Å². The lowest BCUT2D eigenvalue weighted by Crippen LogP contribution is -2.52. The zero-order chi connectivity index (χ0) is 14.7. The summed E-state index contributed by atoms with van der Waals surface area (Å²) in [7, 11) is 0. The predicted octanol–water partition coefficient (Wildman–Crippen LogP) is 0.851. The highest BCUT2D eigenvalue weighted by molar-refractivity contribution is 7.80. The highest BCUT2D eigenvalue weighted by Gasteiger charge is 2.42. The summed E-state index contributed by atoms with van der Waals surface area (Å²) in [6, 6.07) is 0. The van der Waals surface area contributed by atoms with Crippen LogP contribution in [-0.2, 0) is 9.59 Å². The van der Waals surface area contributed by atoms with Crippen molar-refractivity contribution in [3.05, 3.63) is 0 Å². The van der Waals surface area contributed by atoms with Crippen molar-refractivity contribution in [2.45, 2.75) is 46.0 Å². The number of primary amides is 1. The molecule has 1 aliphatic rings. The fraction of sp³-hybridized carbons (Fsp3) is 0.769. The van der Waals surface area contributed by atoms with Gasteiger partial charge >= 0.3 is 0 Å². The zero-order valence-electron chi connectivity index (χ0n) is 11.6. The Kier molecular flexibility index (Phi) is 4.90. The Labute approximate surface area is 119 Å². The number of carbonyl (C=O) groups excluding carboxylic acids is 2. The first-order chi connectivity index (χ1) is 8.72. The third-order valence-corrected chi connectivity index (χ3v) is 4.36. The number of hydrogen-bond acceptors (Lipinski definition) is 3. The maximum absolute atomic E-state index is 12.4. The number of thiocarbonyl (C=S) groups is 1. The van der Waals surface area contributed by atoms with Crippen LogP contribution in [0.5, 0.6) is 0 Å². The van der Waals surface area contributed by atoms with Gasteiger partial charge in [0.05, 0.1) is 15.8 Å². The van der Waals surface area contributed by atoms with Gasteiger partial charge in [-0.1, -0.05) is 31.5 Å². The van der Waals surface area contributed by atoms with Crippen LogP contribution < -0.4 is 16.8 Å². The van der Waals surface area contributed by atoms with Crippen molar-refractivity contribution in [1.82, 2.24) is 5.32 Å². The molecule has 0 aromatic heterocycles. The van der Waals surface area contributed by atoms with E-state index in [4.69, 9.17) is 23.7 Å². The summed E-state index contributed by atoms with van der Waals surface area (Å²) in [6.07, 6.45) is 4.37. The molecule has 1 aliphatic carbocycles. The van der Waals surface area contributed by atoms with Crippen LogP contribution in [0.2, 0.25) is 0 Å². The molecule has 0 spiro atoms. The normalized spacial score (nSPS) is 18.6. The standard InChI is InChI=1S/C13H23N3O2S/c1-12(2,9(14)17)8-16-11(18)13(10(15)19)6-4-3-5-7-13/h3-8H2,1-2H3,(H2,14,17)(H2,15,19)(H,16,18). The van der Waals surface area contributed by atoms with Crippen LogP contribution in [0.15, 0.2) is 0 Å². The monoisotopic (exact) mass is 285 g/mol. The molecule has 2 amide bonds. The van der Waals surface area contributed by atoms with Crippen LogP contribution in [0.25, 0.3) is 0 Å². The van der Waals surface area contributed by atoms with Crippen LogP contribution >= 0.6 is 12.2 Å². The molecule has 0 aliphatic heterocycles. The van der Waals surface area contributed by atoms with E-state index in [0.717, 1.165) is 19.3 Å². The van der Waals surface area contributed by atoms with Gasteiger partial charge in [0.2, 0.25) is 11.8 Å². The molecule has 0 unspecified atom stereocenters. The molecule has 0 atom stereocenters. The Morgan fingerprint density at radius 1 is 1.21 bits per heavy atom. The van der Waals surface area contributed by atoms with E-state index in [1.807, 2.05) is 0 Å². The largest absolute Gasteiger partial charge is 0.392 e. The molecular formula is C13H23N3O2S. The Hall–Kier alpha value is -1.17. The van der Waals surface area contributed by atoms with E-state index in [1.54, 1.807) is 13.8 Å². The van der Waals surface area contributed by atoms with Gasteiger partial charge in [-0.3, -0.25) is 9.59 Å². The third kappa shape index (κ3) is 3.43. The minimum Gasteiger partial charge on any atom is -0.392 e. The van der Waals surface area contributed by atoms with E-state index in [9.17, 15) is 9.59 Å². The highest BCUT2D eigenvalue weighted by Crippen LogP contribution is 2.37. The maximum atomic E-state index is 12.4. The second-order valence-corrected chi connectivity index (χ2v) is 6.38. The number of amides is 2. The maximum Gasteiger partial charge on any atom is 0.233 e. The van der Waals surface area contributed by atoms with E-state index in [-0.39, 0.29) is 17.4 Å². The molecule has 0 saturated heterocycles. The first-order valence-electron chi connectivity index (χ1n) is 6.60. The van der Waals surface area contributed by atoms with E-state index in [2.05, 4.69) is 5.32 Å². The van der Waals surface area contributed by atoms with Gasteiger partial charge in [-0.25, -0.2) is 0 Å². The molecule has 5 N–H and O–H groups in total. The summed E-state index contributed by atoms with van der Waals surface area (Å²) < 4.78 is 0. The molecular weight excluding hydrogens is 262 g/mol. The van der Waals surface area contributed by atoms with Crippen molar-refractivity contribution >= 4 is 29.0 Å². The van der Waals surface area contributed by atoms with Gasteiger partial charge in [0.1, 0.15) is 0 Å². The second kappa shape index (κ2) is 5.86. The van der Waals surface area contributed by atoms with Crippen molar-refractivity contribution in [1.29, 1.82) is 0 Å². The minimum atomic E-state index is -0.776. The molecule has 0 radical (unpaired) electrons. The Balaban J connectivity index is 2.74. The number of hydrogen-bond donors (Lipinski definition) is 3. The average molecular weight is 285 g/mol. The predicted molar refractivity (Wildman–Crippen MR) is 78.3 cm³/mol. The molecule has 19 heavy (non-hydrogen) atoms.